The number of aromatic nitrogens is 2. The van der Waals surface area contributed by atoms with E-state index < -0.39 is 0 Å². The summed E-state index contributed by atoms with van der Waals surface area (Å²) in [6, 6.07) is 21.2. The van der Waals surface area contributed by atoms with Crippen molar-refractivity contribution in [2.75, 3.05) is 13.2 Å². The normalized spacial score (nSPS) is 11.1. The van der Waals surface area contributed by atoms with Crippen molar-refractivity contribution < 1.29 is 9.53 Å². The van der Waals surface area contributed by atoms with Gasteiger partial charge in [0.05, 0.1) is 28.2 Å². The largest absolute Gasteiger partial charge is 0.494 e. The molecule has 0 aliphatic rings. The average molecular weight is 539 g/mol. The number of fused-ring (bicyclic) bond motifs is 1. The van der Waals surface area contributed by atoms with E-state index >= 15 is 0 Å². The van der Waals surface area contributed by atoms with Gasteiger partial charge in [-0.15, -0.1) is 0 Å². The SMILES string of the molecule is Cc1cc(OCCCCn2c(CCCCCNC(=O)c3ccccc3Cl)nc3ccccc32)ccc1Cl. The van der Waals surface area contributed by atoms with Gasteiger partial charge in [-0.05, 0) is 80.6 Å². The fraction of sp³-hybridized carbons (Fsp3) is 0.333. The maximum Gasteiger partial charge on any atom is 0.252 e. The maximum absolute atomic E-state index is 12.3. The first-order valence-corrected chi connectivity index (χ1v) is 13.6. The van der Waals surface area contributed by atoms with E-state index in [4.69, 9.17) is 32.9 Å². The molecule has 1 amide bonds. The third-order valence-corrected chi connectivity index (χ3v) is 7.14. The van der Waals surface area contributed by atoms with Crippen molar-refractivity contribution in [2.45, 2.75) is 52.0 Å². The van der Waals surface area contributed by atoms with Gasteiger partial charge in [0.25, 0.3) is 5.91 Å². The Morgan fingerprint density at radius 3 is 2.57 bits per heavy atom. The number of hydrogen-bond donors (Lipinski definition) is 1. The van der Waals surface area contributed by atoms with Crippen LogP contribution in [0.15, 0.2) is 66.7 Å². The van der Waals surface area contributed by atoms with Gasteiger partial charge in [-0.3, -0.25) is 4.79 Å². The fourth-order valence-electron chi connectivity index (χ4n) is 4.36. The number of aryl methyl sites for hydroxylation is 3. The Balaban J connectivity index is 1.22. The van der Waals surface area contributed by atoms with Crippen molar-refractivity contribution in [3.63, 3.8) is 0 Å². The highest BCUT2D eigenvalue weighted by atomic mass is 35.5. The molecule has 5 nitrogen and oxygen atoms in total. The first-order valence-electron chi connectivity index (χ1n) is 12.9. The summed E-state index contributed by atoms with van der Waals surface area (Å²) in [5, 5.41) is 4.20. The Hall–Kier alpha value is -3.02. The van der Waals surface area contributed by atoms with Crippen LogP contribution < -0.4 is 10.1 Å². The van der Waals surface area contributed by atoms with Gasteiger partial charge >= 0.3 is 0 Å². The fourth-order valence-corrected chi connectivity index (χ4v) is 4.70. The molecule has 0 unspecified atom stereocenters. The van der Waals surface area contributed by atoms with E-state index in [0.29, 0.717) is 23.7 Å². The standard InChI is InChI=1S/C30H33Cl2N3O2/c1-22-21-23(16-17-25(22)31)37-20-10-9-19-35-28-14-7-6-13-27(28)34-29(35)15-3-2-8-18-33-30(36)24-11-4-5-12-26(24)32/h4-7,11-14,16-17,21H,2-3,8-10,15,18-20H2,1H3,(H,33,36). The molecule has 0 saturated carbocycles. The van der Waals surface area contributed by atoms with Gasteiger partial charge in [-0.1, -0.05) is 53.9 Å². The summed E-state index contributed by atoms with van der Waals surface area (Å²) in [6.07, 6.45) is 5.82. The minimum Gasteiger partial charge on any atom is -0.494 e. The van der Waals surface area contributed by atoms with Crippen LogP contribution in [0.4, 0.5) is 0 Å². The van der Waals surface area contributed by atoms with E-state index in [1.54, 1.807) is 12.1 Å². The van der Waals surface area contributed by atoms with Crippen LogP contribution >= 0.6 is 23.2 Å². The molecule has 0 saturated heterocycles. The van der Waals surface area contributed by atoms with Crippen LogP contribution in [0, 0.1) is 6.92 Å². The van der Waals surface area contributed by atoms with Crippen LogP contribution in [0.2, 0.25) is 10.0 Å². The van der Waals surface area contributed by atoms with E-state index in [2.05, 4.69) is 28.1 Å². The summed E-state index contributed by atoms with van der Waals surface area (Å²) in [5.74, 6) is 1.86. The van der Waals surface area contributed by atoms with E-state index in [-0.39, 0.29) is 5.91 Å². The number of benzene rings is 3. The highest BCUT2D eigenvalue weighted by Crippen LogP contribution is 2.22. The monoisotopic (exact) mass is 537 g/mol. The Labute approximate surface area is 228 Å². The van der Waals surface area contributed by atoms with Gasteiger partial charge in [0.2, 0.25) is 0 Å². The topological polar surface area (TPSA) is 56.1 Å². The van der Waals surface area contributed by atoms with Crippen LogP contribution in [0.5, 0.6) is 5.75 Å². The number of nitrogens with zero attached hydrogens (tertiary/aromatic N) is 2. The van der Waals surface area contributed by atoms with Crippen LogP contribution in [0.3, 0.4) is 0 Å². The molecule has 7 heteroatoms. The highest BCUT2D eigenvalue weighted by molar-refractivity contribution is 6.33. The highest BCUT2D eigenvalue weighted by Gasteiger charge is 2.11. The molecule has 0 aliphatic heterocycles. The third kappa shape index (κ3) is 7.50. The van der Waals surface area contributed by atoms with Crippen LogP contribution in [0.25, 0.3) is 11.0 Å². The van der Waals surface area contributed by atoms with E-state index in [1.165, 1.54) is 5.52 Å². The molecule has 0 radical (unpaired) electrons. The lowest BCUT2D eigenvalue weighted by atomic mass is 10.1. The Morgan fingerprint density at radius 1 is 0.919 bits per heavy atom. The molecule has 0 aliphatic carbocycles. The molecule has 4 aromatic rings. The van der Waals surface area contributed by atoms with Gasteiger partial charge in [-0.2, -0.15) is 0 Å². The molecule has 4 rings (SSSR count). The number of para-hydroxylation sites is 2. The van der Waals surface area contributed by atoms with E-state index in [1.807, 2.05) is 43.3 Å². The third-order valence-electron chi connectivity index (χ3n) is 6.39. The van der Waals surface area contributed by atoms with Crippen molar-refractivity contribution in [1.82, 2.24) is 14.9 Å². The molecule has 0 atom stereocenters. The number of carbonyl (C=O) groups is 1. The zero-order chi connectivity index (χ0) is 26.0. The van der Waals surface area contributed by atoms with Crippen molar-refractivity contribution >= 4 is 40.1 Å². The number of imidazole rings is 1. The van der Waals surface area contributed by atoms with Crippen molar-refractivity contribution in [3.8, 4) is 5.75 Å². The molecule has 0 bridgehead atoms. The first kappa shape index (κ1) is 27.0. The minimum absolute atomic E-state index is 0.123. The molecule has 3 aromatic carbocycles. The van der Waals surface area contributed by atoms with Crippen LogP contribution in [0.1, 0.15) is 53.8 Å². The summed E-state index contributed by atoms with van der Waals surface area (Å²) in [4.78, 5) is 17.2. The summed E-state index contributed by atoms with van der Waals surface area (Å²) >= 11 is 12.2. The summed E-state index contributed by atoms with van der Waals surface area (Å²) < 4.78 is 8.26. The number of amides is 1. The smallest absolute Gasteiger partial charge is 0.252 e. The zero-order valence-electron chi connectivity index (χ0n) is 21.2. The van der Waals surface area contributed by atoms with Crippen LogP contribution in [-0.2, 0) is 13.0 Å². The van der Waals surface area contributed by atoms with Gasteiger partial charge in [-0.25, -0.2) is 4.98 Å². The lowest BCUT2D eigenvalue weighted by molar-refractivity contribution is 0.0953. The molecule has 1 heterocycles. The molecule has 1 aromatic heterocycles. The number of halogens is 2. The zero-order valence-corrected chi connectivity index (χ0v) is 22.7. The molecule has 194 valence electrons. The van der Waals surface area contributed by atoms with Gasteiger partial charge in [0, 0.05) is 24.5 Å². The molecular weight excluding hydrogens is 505 g/mol. The summed E-state index contributed by atoms with van der Waals surface area (Å²) in [7, 11) is 0. The van der Waals surface area contributed by atoms with Crippen LogP contribution in [-0.4, -0.2) is 28.6 Å². The first-order chi connectivity index (χ1) is 18.0. The summed E-state index contributed by atoms with van der Waals surface area (Å²) in [5.41, 5.74) is 3.76. The number of ether oxygens (including phenoxy) is 1. The number of carbonyl (C=O) groups excluding carboxylic acids is 1. The van der Waals surface area contributed by atoms with Gasteiger partial charge in [0.1, 0.15) is 11.6 Å². The number of nitrogens with one attached hydrogen (secondary N) is 1. The lowest BCUT2D eigenvalue weighted by Gasteiger charge is -2.11. The average Bonchev–Trinajstić information content (AvgIpc) is 3.25. The number of unbranched alkanes of at least 4 members (excludes halogenated alkanes) is 3. The second kappa shape index (κ2) is 13.5. The predicted molar refractivity (Wildman–Crippen MR) is 152 cm³/mol. The van der Waals surface area contributed by atoms with E-state index in [0.717, 1.165) is 72.7 Å². The molecule has 0 fully saturated rings. The Bertz CT molecular complexity index is 1340. The van der Waals surface area contributed by atoms with Gasteiger partial charge < -0.3 is 14.6 Å². The minimum atomic E-state index is -0.123. The predicted octanol–water partition coefficient (Wildman–Crippen LogP) is 7.65. The molecule has 0 spiro atoms. The quantitative estimate of drug-likeness (QED) is 0.178. The Kier molecular flexibility index (Phi) is 9.86. The van der Waals surface area contributed by atoms with Crippen molar-refractivity contribution in [1.29, 1.82) is 0 Å². The Morgan fingerprint density at radius 2 is 1.73 bits per heavy atom. The second-order valence-corrected chi connectivity index (χ2v) is 10.00. The lowest BCUT2D eigenvalue weighted by Crippen LogP contribution is -2.24. The summed E-state index contributed by atoms with van der Waals surface area (Å²) in [6.45, 7) is 4.20. The maximum atomic E-state index is 12.3. The molecule has 1 N–H and O–H groups in total. The van der Waals surface area contributed by atoms with Gasteiger partial charge in [0.15, 0.2) is 0 Å². The van der Waals surface area contributed by atoms with E-state index in [9.17, 15) is 4.79 Å². The number of rotatable bonds is 13. The molecular formula is C30H33Cl2N3O2. The van der Waals surface area contributed by atoms with Crippen molar-refractivity contribution in [2.24, 2.45) is 0 Å². The molecule has 37 heavy (non-hydrogen) atoms. The van der Waals surface area contributed by atoms with Crippen molar-refractivity contribution in [3.05, 3.63) is 93.7 Å². The second-order valence-electron chi connectivity index (χ2n) is 9.18. The number of hydrogen-bond acceptors (Lipinski definition) is 3.